The van der Waals surface area contributed by atoms with Crippen LogP contribution in [0, 0.1) is 5.92 Å². The Bertz CT molecular complexity index is 795. The van der Waals surface area contributed by atoms with Crippen LogP contribution < -0.4 is 20.3 Å². The highest BCUT2D eigenvalue weighted by Crippen LogP contribution is 2.22. The molecule has 170 valence electrons. The van der Waals surface area contributed by atoms with Gasteiger partial charge in [-0.15, -0.1) is 0 Å². The van der Waals surface area contributed by atoms with Crippen molar-refractivity contribution in [3.05, 3.63) is 24.3 Å². The number of hydrogen-bond acceptors (Lipinski definition) is 5. The fourth-order valence-corrected chi connectivity index (χ4v) is 4.06. The maximum absolute atomic E-state index is 12.2. The van der Waals surface area contributed by atoms with Crippen molar-refractivity contribution in [2.45, 2.75) is 58.5 Å². The number of benzene rings is 1. The van der Waals surface area contributed by atoms with Crippen molar-refractivity contribution in [3.63, 3.8) is 0 Å². The van der Waals surface area contributed by atoms with Crippen LogP contribution in [0.4, 0.5) is 16.2 Å². The zero-order chi connectivity index (χ0) is 22.5. The minimum Gasteiger partial charge on any atom is -0.372 e. The standard InChI is InChI=1S/C21H36N4O4S/c1-15(12-23-30(27,28)21(4,5)6)11-22-20(26)24-18-7-9-19(10-8-18)25-13-16(2)29-17(3)14-25/h7-10,15-17,23H,11-14H2,1-6H3,(H2,22,24,26). The minimum atomic E-state index is -3.39. The fourth-order valence-electron chi connectivity index (χ4n) is 3.13. The van der Waals surface area contributed by atoms with E-state index >= 15 is 0 Å². The number of sulfonamides is 1. The number of rotatable bonds is 7. The molecule has 2 rings (SSSR count). The summed E-state index contributed by atoms with van der Waals surface area (Å²) < 4.78 is 31.7. The number of anilines is 2. The molecule has 0 radical (unpaired) electrons. The second kappa shape index (κ2) is 9.98. The van der Waals surface area contributed by atoms with E-state index in [1.165, 1.54) is 0 Å². The molecule has 1 aromatic rings. The summed E-state index contributed by atoms with van der Waals surface area (Å²) in [5, 5.41) is 5.59. The van der Waals surface area contributed by atoms with Crippen molar-refractivity contribution < 1.29 is 17.9 Å². The molecule has 0 aliphatic carbocycles. The van der Waals surface area contributed by atoms with Crippen molar-refractivity contribution in [3.8, 4) is 0 Å². The van der Waals surface area contributed by atoms with Gasteiger partial charge in [-0.3, -0.25) is 0 Å². The predicted octanol–water partition coefficient (Wildman–Crippen LogP) is 2.78. The van der Waals surface area contributed by atoms with Crippen molar-refractivity contribution in [1.82, 2.24) is 10.0 Å². The average molecular weight is 441 g/mol. The highest BCUT2D eigenvalue weighted by molar-refractivity contribution is 7.90. The Kier molecular flexibility index (Phi) is 8.13. The molecule has 3 unspecified atom stereocenters. The lowest BCUT2D eigenvalue weighted by atomic mass is 10.2. The molecule has 1 heterocycles. The summed E-state index contributed by atoms with van der Waals surface area (Å²) in [7, 11) is -3.39. The van der Waals surface area contributed by atoms with Crippen molar-refractivity contribution >= 4 is 27.4 Å². The third kappa shape index (κ3) is 7.14. The van der Waals surface area contributed by atoms with Crippen molar-refractivity contribution in [2.75, 3.05) is 36.4 Å². The number of nitrogens with one attached hydrogen (secondary N) is 3. The summed E-state index contributed by atoms with van der Waals surface area (Å²) in [6.07, 6.45) is 0.374. The highest BCUT2D eigenvalue weighted by Gasteiger charge is 2.28. The summed E-state index contributed by atoms with van der Waals surface area (Å²) >= 11 is 0. The molecule has 0 bridgehead atoms. The Morgan fingerprint density at radius 3 is 2.23 bits per heavy atom. The van der Waals surface area contributed by atoms with Crippen LogP contribution in [0.5, 0.6) is 0 Å². The van der Waals surface area contributed by atoms with Gasteiger partial charge in [0.2, 0.25) is 10.0 Å². The summed E-state index contributed by atoms with van der Waals surface area (Å²) in [5.41, 5.74) is 1.80. The first-order valence-corrected chi connectivity index (χ1v) is 11.9. The topological polar surface area (TPSA) is 99.8 Å². The molecular formula is C21H36N4O4S. The summed E-state index contributed by atoms with van der Waals surface area (Å²) in [5.74, 6) is -0.0412. The Hall–Kier alpha value is -1.84. The number of hydrogen-bond donors (Lipinski definition) is 3. The van der Waals surface area contributed by atoms with Gasteiger partial charge in [-0.25, -0.2) is 17.9 Å². The zero-order valence-electron chi connectivity index (χ0n) is 18.9. The van der Waals surface area contributed by atoms with Gasteiger partial charge in [0.25, 0.3) is 0 Å². The molecule has 9 heteroatoms. The molecule has 3 N–H and O–H groups in total. The number of carbonyl (C=O) groups excluding carboxylic acids is 1. The summed E-state index contributed by atoms with van der Waals surface area (Å²) in [6.45, 7) is 13.3. The monoisotopic (exact) mass is 440 g/mol. The summed E-state index contributed by atoms with van der Waals surface area (Å²) in [4.78, 5) is 14.4. The van der Waals surface area contributed by atoms with Crippen LogP contribution in [0.25, 0.3) is 0 Å². The van der Waals surface area contributed by atoms with Gasteiger partial charge in [0.1, 0.15) is 0 Å². The molecule has 3 atom stereocenters. The molecule has 8 nitrogen and oxygen atoms in total. The van der Waals surface area contributed by atoms with Gasteiger partial charge in [-0.1, -0.05) is 6.92 Å². The Labute approximate surface area is 180 Å². The van der Waals surface area contributed by atoms with Gasteiger partial charge >= 0.3 is 6.03 Å². The van der Waals surface area contributed by atoms with E-state index < -0.39 is 14.8 Å². The van der Waals surface area contributed by atoms with Gasteiger partial charge < -0.3 is 20.3 Å². The number of carbonyl (C=O) groups is 1. The van der Waals surface area contributed by atoms with Crippen LogP contribution >= 0.6 is 0 Å². The van der Waals surface area contributed by atoms with Gasteiger partial charge in [0, 0.05) is 37.6 Å². The van der Waals surface area contributed by atoms with Crippen molar-refractivity contribution in [2.24, 2.45) is 5.92 Å². The lowest BCUT2D eigenvalue weighted by Gasteiger charge is -2.36. The van der Waals surface area contributed by atoms with E-state index in [0.29, 0.717) is 12.2 Å². The number of urea groups is 1. The van der Waals surface area contributed by atoms with E-state index in [1.807, 2.05) is 31.2 Å². The normalized spacial score (nSPS) is 21.2. The zero-order valence-corrected chi connectivity index (χ0v) is 19.7. The van der Waals surface area contributed by atoms with E-state index in [4.69, 9.17) is 4.74 Å². The molecule has 2 amide bonds. The number of morpholine rings is 1. The van der Waals surface area contributed by atoms with Crippen LogP contribution in [0.2, 0.25) is 0 Å². The van der Waals surface area contributed by atoms with E-state index in [2.05, 4.69) is 34.1 Å². The van der Waals surface area contributed by atoms with Crippen LogP contribution in [0.1, 0.15) is 41.5 Å². The second-order valence-corrected chi connectivity index (χ2v) is 11.6. The molecule has 30 heavy (non-hydrogen) atoms. The van der Waals surface area contributed by atoms with Gasteiger partial charge in [0.15, 0.2) is 0 Å². The number of nitrogens with zero attached hydrogens (tertiary/aromatic N) is 1. The molecular weight excluding hydrogens is 404 g/mol. The first-order valence-electron chi connectivity index (χ1n) is 10.4. The Morgan fingerprint density at radius 2 is 1.70 bits per heavy atom. The first-order chi connectivity index (χ1) is 13.9. The lowest BCUT2D eigenvalue weighted by molar-refractivity contribution is -0.00521. The molecule has 0 aromatic heterocycles. The number of ether oxygens (including phenoxy) is 1. The van der Waals surface area contributed by atoms with E-state index in [-0.39, 0.29) is 30.7 Å². The third-order valence-electron chi connectivity index (χ3n) is 4.95. The SMILES string of the molecule is CC(CNC(=O)Nc1ccc(N2CC(C)OC(C)C2)cc1)CNS(=O)(=O)C(C)(C)C. The van der Waals surface area contributed by atoms with Crippen LogP contribution in [-0.4, -0.2) is 57.6 Å². The quantitative estimate of drug-likeness (QED) is 0.605. The molecule has 1 aliphatic heterocycles. The Balaban J connectivity index is 1.78. The van der Waals surface area contributed by atoms with E-state index in [0.717, 1.165) is 18.8 Å². The smallest absolute Gasteiger partial charge is 0.319 e. The molecule has 1 saturated heterocycles. The van der Waals surface area contributed by atoms with Gasteiger partial charge in [0.05, 0.1) is 17.0 Å². The number of amides is 2. The van der Waals surface area contributed by atoms with Gasteiger partial charge in [-0.2, -0.15) is 0 Å². The fraction of sp³-hybridized carbons (Fsp3) is 0.667. The molecule has 0 saturated carbocycles. The first kappa shape index (κ1) is 24.4. The van der Waals surface area contributed by atoms with E-state index in [9.17, 15) is 13.2 Å². The van der Waals surface area contributed by atoms with Crippen LogP contribution in [0.3, 0.4) is 0 Å². The summed E-state index contributed by atoms with van der Waals surface area (Å²) in [6, 6.07) is 7.41. The predicted molar refractivity (Wildman–Crippen MR) is 122 cm³/mol. The second-order valence-electron chi connectivity index (χ2n) is 9.11. The Morgan fingerprint density at radius 1 is 1.13 bits per heavy atom. The molecule has 1 aromatic carbocycles. The maximum atomic E-state index is 12.2. The van der Waals surface area contributed by atoms with Crippen LogP contribution in [0.15, 0.2) is 24.3 Å². The molecule has 1 fully saturated rings. The largest absolute Gasteiger partial charge is 0.372 e. The average Bonchev–Trinajstić information content (AvgIpc) is 2.63. The van der Waals surface area contributed by atoms with E-state index in [1.54, 1.807) is 20.8 Å². The minimum absolute atomic E-state index is 0.0412. The third-order valence-corrected chi connectivity index (χ3v) is 7.11. The molecule has 0 spiro atoms. The van der Waals surface area contributed by atoms with Gasteiger partial charge in [-0.05, 0) is 64.8 Å². The highest BCUT2D eigenvalue weighted by atomic mass is 32.2. The maximum Gasteiger partial charge on any atom is 0.319 e. The van der Waals surface area contributed by atoms with Crippen LogP contribution in [-0.2, 0) is 14.8 Å². The molecule has 1 aliphatic rings. The van der Waals surface area contributed by atoms with Crippen molar-refractivity contribution in [1.29, 1.82) is 0 Å². The lowest BCUT2D eigenvalue weighted by Crippen LogP contribution is -2.45.